The van der Waals surface area contributed by atoms with Crippen molar-refractivity contribution < 1.29 is 19.8 Å². The number of carbonyl (C=O) groups is 2. The van der Waals surface area contributed by atoms with Crippen molar-refractivity contribution in [3.05, 3.63) is 46.5 Å². The molecule has 0 heterocycles. The average Bonchev–Trinajstić information content (AvgIpc) is 2.41. The van der Waals surface area contributed by atoms with Crippen molar-refractivity contribution in [2.24, 2.45) is 0 Å². The van der Waals surface area contributed by atoms with Crippen LogP contribution in [0.4, 0.5) is 11.4 Å². The molecule has 0 radical (unpaired) electrons. The van der Waals surface area contributed by atoms with Crippen molar-refractivity contribution in [3.8, 4) is 11.5 Å². The summed E-state index contributed by atoms with van der Waals surface area (Å²) >= 11 is 0. The highest BCUT2D eigenvalue weighted by molar-refractivity contribution is 6.31. The predicted octanol–water partition coefficient (Wildman–Crippen LogP) is 1.04. The Balaban J connectivity index is 2.41. The third kappa shape index (κ3) is 1.33. The molecule has 0 bridgehead atoms. The SMILES string of the molecule is Nc1cc2c(c(O)c1N)C(=O)c1cccc(O)c1C2=O. The molecule has 0 aliphatic heterocycles. The number of ketones is 2. The molecule has 6 N–H and O–H groups in total. The summed E-state index contributed by atoms with van der Waals surface area (Å²) in [6, 6.07) is 5.40. The summed E-state index contributed by atoms with van der Waals surface area (Å²) in [6.45, 7) is 0. The highest BCUT2D eigenvalue weighted by Crippen LogP contribution is 2.41. The number of phenols is 2. The molecule has 0 unspecified atom stereocenters. The molecule has 3 rings (SSSR count). The average molecular weight is 270 g/mol. The minimum atomic E-state index is -0.574. The molecule has 6 heteroatoms. The molecule has 6 nitrogen and oxygen atoms in total. The van der Waals surface area contributed by atoms with Crippen molar-refractivity contribution in [3.63, 3.8) is 0 Å². The lowest BCUT2D eigenvalue weighted by Crippen LogP contribution is -2.22. The van der Waals surface area contributed by atoms with Gasteiger partial charge in [0, 0.05) is 11.1 Å². The maximum absolute atomic E-state index is 12.4. The first-order valence-corrected chi connectivity index (χ1v) is 5.75. The van der Waals surface area contributed by atoms with Gasteiger partial charge in [0.25, 0.3) is 0 Å². The maximum Gasteiger partial charge on any atom is 0.198 e. The van der Waals surface area contributed by atoms with Crippen molar-refractivity contribution in [2.45, 2.75) is 0 Å². The number of phenolic OH excluding ortho intramolecular Hbond substituents is 2. The number of rotatable bonds is 0. The van der Waals surface area contributed by atoms with Crippen LogP contribution in [0.2, 0.25) is 0 Å². The Kier molecular flexibility index (Phi) is 2.25. The molecule has 2 aromatic rings. The molecule has 0 spiro atoms. The van der Waals surface area contributed by atoms with E-state index in [0.29, 0.717) is 0 Å². The molecule has 0 amide bonds. The van der Waals surface area contributed by atoms with E-state index in [2.05, 4.69) is 0 Å². The third-order valence-corrected chi connectivity index (χ3v) is 3.36. The number of anilines is 2. The van der Waals surface area contributed by atoms with Crippen LogP contribution in [0.3, 0.4) is 0 Å². The topological polar surface area (TPSA) is 127 Å². The summed E-state index contributed by atoms with van der Waals surface area (Å²) in [5, 5.41) is 19.7. The second-order valence-electron chi connectivity index (χ2n) is 4.51. The van der Waals surface area contributed by atoms with Crippen molar-refractivity contribution >= 4 is 22.9 Å². The number of hydrogen-bond acceptors (Lipinski definition) is 6. The predicted molar refractivity (Wildman–Crippen MR) is 71.9 cm³/mol. The summed E-state index contributed by atoms with van der Waals surface area (Å²) in [6.07, 6.45) is 0. The Bertz CT molecular complexity index is 794. The van der Waals surface area contributed by atoms with Gasteiger partial charge in [-0.05, 0) is 12.1 Å². The fourth-order valence-electron chi connectivity index (χ4n) is 2.35. The molecule has 20 heavy (non-hydrogen) atoms. The van der Waals surface area contributed by atoms with Crippen LogP contribution < -0.4 is 11.5 Å². The van der Waals surface area contributed by atoms with Crippen molar-refractivity contribution in [1.82, 2.24) is 0 Å². The van der Waals surface area contributed by atoms with Gasteiger partial charge in [0.2, 0.25) is 0 Å². The van der Waals surface area contributed by atoms with E-state index in [1.165, 1.54) is 24.3 Å². The van der Waals surface area contributed by atoms with Crippen LogP contribution in [0, 0.1) is 0 Å². The fraction of sp³-hybridized carbons (Fsp3) is 0. The number of hydrogen-bond donors (Lipinski definition) is 4. The van der Waals surface area contributed by atoms with Gasteiger partial charge in [-0.1, -0.05) is 12.1 Å². The molecule has 1 aliphatic rings. The second-order valence-corrected chi connectivity index (χ2v) is 4.51. The first-order chi connectivity index (χ1) is 9.43. The number of fused-ring (bicyclic) bond motifs is 2. The van der Waals surface area contributed by atoms with Gasteiger partial charge in [-0.2, -0.15) is 0 Å². The molecule has 0 fully saturated rings. The number of nitrogen functional groups attached to an aromatic ring is 2. The standard InChI is InChI=1S/C14H10N2O4/c15-7-4-6-10(14(20)11(7)16)12(18)5-2-1-3-8(17)9(5)13(6)19/h1-4,17,20H,15-16H2. The Morgan fingerprint density at radius 2 is 1.55 bits per heavy atom. The third-order valence-electron chi connectivity index (χ3n) is 3.36. The van der Waals surface area contributed by atoms with Crippen molar-refractivity contribution in [1.29, 1.82) is 0 Å². The van der Waals surface area contributed by atoms with Crippen molar-refractivity contribution in [2.75, 3.05) is 11.5 Å². The van der Waals surface area contributed by atoms with Crippen LogP contribution in [0.15, 0.2) is 24.3 Å². The molecule has 0 aromatic heterocycles. The van der Waals surface area contributed by atoms with E-state index in [4.69, 9.17) is 11.5 Å². The smallest absolute Gasteiger partial charge is 0.198 e. The van der Waals surface area contributed by atoms with Crippen LogP contribution >= 0.6 is 0 Å². The van der Waals surface area contributed by atoms with E-state index in [-0.39, 0.29) is 39.4 Å². The Hall–Kier alpha value is -3.02. The van der Waals surface area contributed by atoms with Gasteiger partial charge in [0.1, 0.15) is 5.75 Å². The van der Waals surface area contributed by atoms with Gasteiger partial charge >= 0.3 is 0 Å². The van der Waals surface area contributed by atoms with Gasteiger partial charge in [0.05, 0.1) is 22.5 Å². The Morgan fingerprint density at radius 3 is 2.25 bits per heavy atom. The van der Waals surface area contributed by atoms with E-state index in [0.717, 1.165) is 0 Å². The van der Waals surface area contributed by atoms with Crippen LogP contribution in [0.1, 0.15) is 31.8 Å². The monoisotopic (exact) mass is 270 g/mol. The summed E-state index contributed by atoms with van der Waals surface area (Å²) in [7, 11) is 0. The van der Waals surface area contributed by atoms with Gasteiger partial charge < -0.3 is 21.7 Å². The van der Waals surface area contributed by atoms with Crippen LogP contribution in [-0.4, -0.2) is 21.8 Å². The minimum absolute atomic E-state index is 0.00118. The number of nitrogens with two attached hydrogens (primary N) is 2. The molecule has 0 atom stereocenters. The number of carbonyl (C=O) groups excluding carboxylic acids is 2. The first kappa shape index (κ1) is 12.0. The maximum atomic E-state index is 12.4. The lowest BCUT2D eigenvalue weighted by atomic mass is 9.82. The Labute approximate surface area is 113 Å². The Morgan fingerprint density at radius 1 is 0.900 bits per heavy atom. The molecule has 0 saturated carbocycles. The first-order valence-electron chi connectivity index (χ1n) is 5.75. The van der Waals surface area contributed by atoms with Crippen LogP contribution in [-0.2, 0) is 0 Å². The zero-order valence-corrected chi connectivity index (χ0v) is 10.2. The van der Waals surface area contributed by atoms with Crippen LogP contribution in [0.25, 0.3) is 0 Å². The lowest BCUT2D eigenvalue weighted by Gasteiger charge is -2.20. The molecule has 1 aliphatic carbocycles. The molecule has 100 valence electrons. The molecular weight excluding hydrogens is 260 g/mol. The van der Waals surface area contributed by atoms with Gasteiger partial charge in [-0.25, -0.2) is 0 Å². The summed E-state index contributed by atoms with van der Waals surface area (Å²) in [5.74, 6) is -1.95. The molecule has 0 saturated heterocycles. The van der Waals surface area contributed by atoms with Gasteiger partial charge in [-0.3, -0.25) is 9.59 Å². The largest absolute Gasteiger partial charge is 0.507 e. The summed E-state index contributed by atoms with van der Waals surface area (Å²) in [4.78, 5) is 24.7. The molecular formula is C14H10N2O4. The summed E-state index contributed by atoms with van der Waals surface area (Å²) in [5.41, 5.74) is 10.7. The zero-order valence-electron chi connectivity index (χ0n) is 10.2. The highest BCUT2D eigenvalue weighted by atomic mass is 16.3. The van der Waals surface area contributed by atoms with Gasteiger partial charge in [-0.15, -0.1) is 0 Å². The normalized spacial score (nSPS) is 13.0. The number of aromatic hydroxyl groups is 2. The van der Waals surface area contributed by atoms with E-state index in [9.17, 15) is 19.8 Å². The highest BCUT2D eigenvalue weighted by Gasteiger charge is 2.35. The fourth-order valence-corrected chi connectivity index (χ4v) is 2.35. The van der Waals surface area contributed by atoms with E-state index in [1.54, 1.807) is 0 Å². The zero-order chi connectivity index (χ0) is 14.6. The second kappa shape index (κ2) is 3.74. The quantitative estimate of drug-likeness (QED) is 0.357. The van der Waals surface area contributed by atoms with E-state index < -0.39 is 17.3 Å². The number of benzene rings is 2. The lowest BCUT2D eigenvalue weighted by molar-refractivity contribution is 0.0974. The van der Waals surface area contributed by atoms with E-state index >= 15 is 0 Å². The van der Waals surface area contributed by atoms with E-state index in [1.807, 2.05) is 0 Å². The van der Waals surface area contributed by atoms with Crippen LogP contribution in [0.5, 0.6) is 11.5 Å². The minimum Gasteiger partial charge on any atom is -0.507 e. The molecule has 2 aromatic carbocycles. The summed E-state index contributed by atoms with van der Waals surface area (Å²) < 4.78 is 0. The van der Waals surface area contributed by atoms with Gasteiger partial charge in [0.15, 0.2) is 17.3 Å².